The van der Waals surface area contributed by atoms with E-state index in [2.05, 4.69) is 23.2 Å². The maximum atomic E-state index is 12.9. The Hall–Kier alpha value is -0.170. The zero-order chi connectivity index (χ0) is 13.2. The second-order valence-electron chi connectivity index (χ2n) is 2.79. The van der Waals surface area contributed by atoms with E-state index < -0.39 is 35.9 Å². The highest BCUT2D eigenvalue weighted by molar-refractivity contribution is 6.25. The fourth-order valence-electron chi connectivity index (χ4n) is 0.812. The molecule has 0 N–H and O–H groups in total. The molecule has 0 nitrogen and oxygen atoms in total. The molecule has 16 heavy (non-hydrogen) atoms. The highest BCUT2D eigenvalue weighted by atomic mass is 35.5. The summed E-state index contributed by atoms with van der Waals surface area (Å²) in [4.78, 5) is 0. The van der Waals surface area contributed by atoms with Crippen molar-refractivity contribution in [2.24, 2.45) is 5.92 Å². The van der Waals surface area contributed by atoms with E-state index in [1.807, 2.05) is 0 Å². The predicted molar refractivity (Wildman–Crippen MR) is 45.2 cm³/mol. The van der Waals surface area contributed by atoms with E-state index >= 15 is 0 Å². The maximum Gasteiger partial charge on any atom is 0.398 e. The molecule has 0 aromatic heterocycles. The van der Waals surface area contributed by atoms with Crippen LogP contribution in [0.3, 0.4) is 0 Å². The average Bonchev–Trinajstić information content (AvgIpc) is 2.00. The quantitative estimate of drug-likeness (QED) is 0.531. The highest BCUT2D eigenvalue weighted by Gasteiger charge is 2.66. The molecule has 0 bridgehead atoms. The lowest BCUT2D eigenvalue weighted by molar-refractivity contribution is -0.285. The molecule has 0 aromatic rings. The van der Waals surface area contributed by atoms with Crippen LogP contribution < -0.4 is 0 Å². The molecular formula is C7H5Cl2F7. The van der Waals surface area contributed by atoms with Crippen molar-refractivity contribution < 1.29 is 30.7 Å². The van der Waals surface area contributed by atoms with E-state index in [4.69, 9.17) is 0 Å². The highest BCUT2D eigenvalue weighted by Crippen LogP contribution is 2.48. The first kappa shape index (κ1) is 15.8. The third-order valence-corrected chi connectivity index (χ3v) is 2.14. The molecule has 0 aliphatic rings. The molecule has 0 spiro atoms. The second kappa shape index (κ2) is 5.00. The second-order valence-corrected chi connectivity index (χ2v) is 3.35. The number of halogens is 9. The van der Waals surface area contributed by atoms with Crippen LogP contribution in [0.2, 0.25) is 0 Å². The lowest BCUT2D eigenvalue weighted by Crippen LogP contribution is -2.51. The van der Waals surface area contributed by atoms with Gasteiger partial charge in [0.1, 0.15) is 5.92 Å². The molecule has 1 atom stereocenters. The van der Waals surface area contributed by atoms with Crippen LogP contribution in [0.15, 0.2) is 11.6 Å². The topological polar surface area (TPSA) is 0 Å². The molecule has 0 radical (unpaired) electrons. The van der Waals surface area contributed by atoms with Crippen LogP contribution in [0.25, 0.3) is 0 Å². The molecule has 0 aliphatic heterocycles. The van der Waals surface area contributed by atoms with E-state index in [0.717, 1.165) is 0 Å². The molecule has 96 valence electrons. The van der Waals surface area contributed by atoms with E-state index in [-0.39, 0.29) is 5.54 Å². The first-order valence-electron chi connectivity index (χ1n) is 3.67. The number of hydrogen-bond acceptors (Lipinski definition) is 0. The molecule has 0 rings (SSSR count). The van der Waals surface area contributed by atoms with E-state index in [1.165, 1.54) is 0 Å². The van der Waals surface area contributed by atoms with Crippen molar-refractivity contribution in [1.82, 2.24) is 0 Å². The Morgan fingerprint density at radius 1 is 1.00 bits per heavy atom. The Kier molecular flexibility index (Phi) is 4.94. The summed E-state index contributed by atoms with van der Waals surface area (Å²) < 4.78 is 87.2. The minimum atomic E-state index is -5.53. The third kappa shape index (κ3) is 3.16. The summed E-state index contributed by atoms with van der Waals surface area (Å²) in [6, 6.07) is 0. The van der Waals surface area contributed by atoms with E-state index in [0.29, 0.717) is 0 Å². The first-order chi connectivity index (χ1) is 7.00. The van der Waals surface area contributed by atoms with Crippen molar-refractivity contribution >= 4 is 23.2 Å². The summed E-state index contributed by atoms with van der Waals surface area (Å²) in [6.07, 6.45) is -6.05. The normalized spacial score (nSPS) is 16.8. The zero-order valence-electron chi connectivity index (χ0n) is 7.34. The molecule has 0 saturated heterocycles. The van der Waals surface area contributed by atoms with Gasteiger partial charge in [-0.3, -0.25) is 0 Å². The molecule has 1 unspecified atom stereocenters. The standard InChI is InChI=1S/C7H5Cl2F7/c8-2-1-5(10,11)6(12,13)4(3-9)7(14,15)16/h1-2,4H,3H2. The van der Waals surface area contributed by atoms with Gasteiger partial charge in [-0.05, 0) is 0 Å². The fraction of sp³-hybridized carbons (Fsp3) is 0.714. The van der Waals surface area contributed by atoms with Gasteiger partial charge < -0.3 is 0 Å². The summed E-state index contributed by atoms with van der Waals surface area (Å²) in [5.41, 5.74) is 0.0234. The van der Waals surface area contributed by atoms with Crippen LogP contribution in [0, 0.1) is 5.92 Å². The van der Waals surface area contributed by atoms with Gasteiger partial charge in [0.25, 0.3) is 0 Å². The van der Waals surface area contributed by atoms with Crippen molar-refractivity contribution in [2.75, 3.05) is 5.88 Å². The Morgan fingerprint density at radius 2 is 1.44 bits per heavy atom. The Labute approximate surface area is 96.0 Å². The van der Waals surface area contributed by atoms with Gasteiger partial charge in [-0.25, -0.2) is 0 Å². The van der Waals surface area contributed by atoms with Gasteiger partial charge in [-0.15, -0.1) is 11.6 Å². The smallest absolute Gasteiger partial charge is 0.199 e. The molecule has 0 aliphatic carbocycles. The van der Waals surface area contributed by atoms with Crippen LogP contribution in [0.1, 0.15) is 0 Å². The van der Waals surface area contributed by atoms with Crippen molar-refractivity contribution in [1.29, 1.82) is 0 Å². The Balaban J connectivity index is 5.31. The van der Waals surface area contributed by atoms with Gasteiger partial charge in [-0.2, -0.15) is 30.7 Å². The van der Waals surface area contributed by atoms with Crippen molar-refractivity contribution in [2.45, 2.75) is 18.0 Å². The fourth-order valence-corrected chi connectivity index (χ4v) is 1.34. The summed E-state index contributed by atoms with van der Waals surface area (Å²) in [6.45, 7) is 0. The molecule has 0 amide bonds. The van der Waals surface area contributed by atoms with Crippen molar-refractivity contribution in [3.63, 3.8) is 0 Å². The minimum Gasteiger partial charge on any atom is -0.199 e. The van der Waals surface area contributed by atoms with Crippen LogP contribution in [0.4, 0.5) is 30.7 Å². The molecule has 9 heteroatoms. The van der Waals surface area contributed by atoms with Gasteiger partial charge >= 0.3 is 18.0 Å². The Bertz CT molecular complexity index is 258. The summed E-state index contributed by atoms with van der Waals surface area (Å²) >= 11 is 9.30. The average molecular weight is 293 g/mol. The SMILES string of the molecule is FC(F)(F)C(CCl)C(F)(F)C(F)(F)C=CCl. The largest absolute Gasteiger partial charge is 0.398 e. The molecular weight excluding hydrogens is 288 g/mol. The summed E-state index contributed by atoms with van der Waals surface area (Å²) in [5.74, 6) is -15.7. The van der Waals surface area contributed by atoms with Crippen LogP contribution in [-0.2, 0) is 0 Å². The third-order valence-electron chi connectivity index (χ3n) is 1.70. The number of alkyl halides is 8. The van der Waals surface area contributed by atoms with Crippen molar-refractivity contribution in [3.05, 3.63) is 11.6 Å². The van der Waals surface area contributed by atoms with Gasteiger partial charge in [0, 0.05) is 17.5 Å². The van der Waals surface area contributed by atoms with E-state index in [9.17, 15) is 30.7 Å². The zero-order valence-corrected chi connectivity index (χ0v) is 8.85. The number of rotatable bonds is 4. The molecule has 0 fully saturated rings. The minimum absolute atomic E-state index is 0.0234. The maximum absolute atomic E-state index is 12.9. The summed E-state index contributed by atoms with van der Waals surface area (Å²) in [7, 11) is 0. The molecule has 0 saturated carbocycles. The van der Waals surface area contributed by atoms with E-state index in [1.54, 1.807) is 0 Å². The lowest BCUT2D eigenvalue weighted by Gasteiger charge is -2.31. The number of allylic oxidation sites excluding steroid dienone is 1. The van der Waals surface area contributed by atoms with Gasteiger partial charge in [0.15, 0.2) is 0 Å². The number of hydrogen-bond donors (Lipinski definition) is 0. The summed E-state index contributed by atoms with van der Waals surface area (Å²) in [5, 5.41) is 0. The van der Waals surface area contributed by atoms with Gasteiger partial charge in [0.05, 0.1) is 0 Å². The van der Waals surface area contributed by atoms with Crippen LogP contribution in [0.5, 0.6) is 0 Å². The lowest BCUT2D eigenvalue weighted by atomic mass is 9.97. The van der Waals surface area contributed by atoms with Crippen LogP contribution >= 0.6 is 23.2 Å². The van der Waals surface area contributed by atoms with Crippen LogP contribution in [-0.4, -0.2) is 23.9 Å². The Morgan fingerprint density at radius 3 is 1.69 bits per heavy atom. The van der Waals surface area contributed by atoms with Gasteiger partial charge in [0.2, 0.25) is 0 Å². The molecule has 0 heterocycles. The monoisotopic (exact) mass is 292 g/mol. The van der Waals surface area contributed by atoms with Gasteiger partial charge in [-0.1, -0.05) is 11.6 Å². The van der Waals surface area contributed by atoms with Crippen molar-refractivity contribution in [3.8, 4) is 0 Å². The first-order valence-corrected chi connectivity index (χ1v) is 4.64. The predicted octanol–water partition coefficient (Wildman–Crippen LogP) is 4.43. The molecule has 0 aromatic carbocycles.